The van der Waals surface area contributed by atoms with E-state index in [0.717, 1.165) is 5.56 Å². The predicted octanol–water partition coefficient (Wildman–Crippen LogP) is 2.03. The predicted molar refractivity (Wildman–Crippen MR) is 102 cm³/mol. The van der Waals surface area contributed by atoms with E-state index in [1.807, 2.05) is 36.4 Å². The van der Waals surface area contributed by atoms with Crippen molar-refractivity contribution in [1.82, 2.24) is 15.8 Å². The monoisotopic (exact) mass is 365 g/mol. The van der Waals surface area contributed by atoms with Crippen LogP contribution in [0.3, 0.4) is 0 Å². The van der Waals surface area contributed by atoms with Crippen molar-refractivity contribution < 1.29 is 14.4 Å². The van der Waals surface area contributed by atoms with Crippen molar-refractivity contribution >= 4 is 17.7 Å². The molecule has 1 heterocycles. The van der Waals surface area contributed by atoms with E-state index in [1.54, 1.807) is 29.2 Å². The summed E-state index contributed by atoms with van der Waals surface area (Å²) in [5.74, 6) is -0.621. The first-order chi connectivity index (χ1) is 13.0. The van der Waals surface area contributed by atoms with Gasteiger partial charge in [0.05, 0.1) is 5.41 Å². The Bertz CT molecular complexity index is 813. The molecule has 3 rings (SSSR count). The van der Waals surface area contributed by atoms with E-state index in [1.165, 1.54) is 6.92 Å². The summed E-state index contributed by atoms with van der Waals surface area (Å²) in [6, 6.07) is 18.2. The van der Waals surface area contributed by atoms with Crippen LogP contribution < -0.4 is 10.9 Å². The molecular formula is C21H23N3O3. The third-order valence-corrected chi connectivity index (χ3v) is 5.15. The molecule has 2 aromatic rings. The van der Waals surface area contributed by atoms with Gasteiger partial charge in [-0.25, -0.2) is 0 Å². The number of piperidine rings is 1. The van der Waals surface area contributed by atoms with Crippen molar-refractivity contribution in [3.63, 3.8) is 0 Å². The number of carbonyl (C=O) groups is 3. The Morgan fingerprint density at radius 2 is 1.41 bits per heavy atom. The molecule has 2 N–H and O–H groups in total. The zero-order valence-corrected chi connectivity index (χ0v) is 15.3. The molecule has 2 aromatic carbocycles. The number of nitrogens with one attached hydrogen (secondary N) is 2. The van der Waals surface area contributed by atoms with Crippen molar-refractivity contribution in [3.05, 3.63) is 71.8 Å². The lowest BCUT2D eigenvalue weighted by Gasteiger charge is -2.40. The molecule has 6 nitrogen and oxygen atoms in total. The molecule has 27 heavy (non-hydrogen) atoms. The average molecular weight is 365 g/mol. The van der Waals surface area contributed by atoms with E-state index in [-0.39, 0.29) is 17.7 Å². The molecule has 0 aliphatic carbocycles. The highest BCUT2D eigenvalue weighted by Crippen LogP contribution is 2.35. The van der Waals surface area contributed by atoms with Crippen LogP contribution in [0.1, 0.15) is 35.7 Å². The number of hydrogen-bond acceptors (Lipinski definition) is 3. The van der Waals surface area contributed by atoms with Gasteiger partial charge in [0.25, 0.3) is 5.91 Å². The molecule has 0 saturated carbocycles. The zero-order valence-electron chi connectivity index (χ0n) is 15.3. The largest absolute Gasteiger partial charge is 0.343 e. The zero-order chi connectivity index (χ0) is 19.3. The number of likely N-dealkylation sites (tertiary alicyclic amines) is 1. The molecule has 0 spiro atoms. The van der Waals surface area contributed by atoms with Crippen molar-refractivity contribution in [2.45, 2.75) is 25.2 Å². The molecule has 0 aromatic heterocycles. The highest BCUT2D eigenvalue weighted by atomic mass is 16.2. The number of carbonyl (C=O) groups excluding carboxylic acids is 3. The Hall–Kier alpha value is -3.15. The van der Waals surface area contributed by atoms with E-state index in [2.05, 4.69) is 10.9 Å². The fourth-order valence-corrected chi connectivity index (χ4v) is 3.50. The van der Waals surface area contributed by atoms with Gasteiger partial charge in [-0.15, -0.1) is 0 Å². The minimum Gasteiger partial charge on any atom is -0.343 e. The first-order valence-electron chi connectivity index (χ1n) is 9.00. The van der Waals surface area contributed by atoms with Crippen molar-refractivity contribution in [1.29, 1.82) is 0 Å². The van der Waals surface area contributed by atoms with Crippen LogP contribution in [0, 0.1) is 0 Å². The summed E-state index contributed by atoms with van der Waals surface area (Å²) in [5.41, 5.74) is 5.68. The van der Waals surface area contributed by atoms with Gasteiger partial charge in [0.2, 0.25) is 11.8 Å². The van der Waals surface area contributed by atoms with Gasteiger partial charge < -0.3 is 4.90 Å². The van der Waals surface area contributed by atoms with Crippen LogP contribution in [0.5, 0.6) is 0 Å². The quantitative estimate of drug-likeness (QED) is 0.817. The number of amides is 3. The standard InChI is InChI=1S/C21H23N3O3/c1-16(25)24-14-12-21(13-15-24,18-10-6-3-7-11-18)20(27)23-22-19(26)17-8-4-2-5-9-17/h2-11H,12-15H2,1H3,(H,22,26)(H,23,27). The summed E-state index contributed by atoms with van der Waals surface area (Å²) in [4.78, 5) is 38.7. The second-order valence-electron chi connectivity index (χ2n) is 6.73. The molecule has 6 heteroatoms. The van der Waals surface area contributed by atoms with Crippen molar-refractivity contribution in [2.24, 2.45) is 0 Å². The first kappa shape index (κ1) is 18.6. The lowest BCUT2D eigenvalue weighted by atomic mass is 9.72. The molecule has 0 atom stereocenters. The van der Waals surface area contributed by atoms with Crippen molar-refractivity contribution in [3.8, 4) is 0 Å². The summed E-state index contributed by atoms with van der Waals surface area (Å²) in [7, 11) is 0. The van der Waals surface area contributed by atoms with Gasteiger partial charge in [0.1, 0.15) is 0 Å². The van der Waals surface area contributed by atoms with E-state index in [4.69, 9.17) is 0 Å². The molecule has 1 aliphatic heterocycles. The number of rotatable bonds is 3. The highest BCUT2D eigenvalue weighted by Gasteiger charge is 2.43. The summed E-state index contributed by atoms with van der Waals surface area (Å²) >= 11 is 0. The highest BCUT2D eigenvalue weighted by molar-refractivity contribution is 5.97. The number of benzene rings is 2. The molecule has 0 unspecified atom stereocenters. The Morgan fingerprint density at radius 3 is 1.96 bits per heavy atom. The number of hydrazine groups is 1. The van der Waals surface area contributed by atoms with Crippen LogP contribution >= 0.6 is 0 Å². The van der Waals surface area contributed by atoms with Crippen LogP contribution in [0.25, 0.3) is 0 Å². The number of hydrogen-bond donors (Lipinski definition) is 2. The average Bonchev–Trinajstić information content (AvgIpc) is 2.73. The van der Waals surface area contributed by atoms with E-state index >= 15 is 0 Å². The maximum Gasteiger partial charge on any atom is 0.269 e. The SMILES string of the molecule is CC(=O)N1CCC(C(=O)NNC(=O)c2ccccc2)(c2ccccc2)CC1. The Morgan fingerprint density at radius 1 is 0.852 bits per heavy atom. The van der Waals surface area contributed by atoms with Crippen LogP contribution in [-0.4, -0.2) is 35.7 Å². The normalized spacial score (nSPS) is 15.7. The third kappa shape index (κ3) is 4.00. The van der Waals surface area contributed by atoms with Crippen LogP contribution in [0.15, 0.2) is 60.7 Å². The minimum atomic E-state index is -0.781. The van der Waals surface area contributed by atoms with Crippen LogP contribution in [0.4, 0.5) is 0 Å². The Balaban J connectivity index is 1.76. The third-order valence-electron chi connectivity index (χ3n) is 5.15. The Labute approximate surface area is 158 Å². The van der Waals surface area contributed by atoms with Gasteiger partial charge in [-0.1, -0.05) is 48.5 Å². The van der Waals surface area contributed by atoms with E-state index < -0.39 is 5.41 Å². The van der Waals surface area contributed by atoms with Gasteiger partial charge in [-0.3, -0.25) is 25.2 Å². The van der Waals surface area contributed by atoms with E-state index in [0.29, 0.717) is 31.5 Å². The molecule has 3 amide bonds. The molecule has 1 saturated heterocycles. The topological polar surface area (TPSA) is 78.5 Å². The van der Waals surface area contributed by atoms with Gasteiger partial charge in [-0.2, -0.15) is 0 Å². The summed E-state index contributed by atoms with van der Waals surface area (Å²) in [6.45, 7) is 2.55. The lowest BCUT2D eigenvalue weighted by molar-refractivity contribution is -0.135. The lowest BCUT2D eigenvalue weighted by Crippen LogP contribution is -2.56. The number of nitrogens with zero attached hydrogens (tertiary/aromatic N) is 1. The molecular weight excluding hydrogens is 342 g/mol. The first-order valence-corrected chi connectivity index (χ1v) is 9.00. The maximum absolute atomic E-state index is 13.1. The summed E-state index contributed by atoms with van der Waals surface area (Å²) < 4.78 is 0. The van der Waals surface area contributed by atoms with Gasteiger partial charge >= 0.3 is 0 Å². The second-order valence-corrected chi connectivity index (χ2v) is 6.73. The fraction of sp³-hybridized carbons (Fsp3) is 0.286. The Kier molecular flexibility index (Phi) is 5.54. The molecule has 1 fully saturated rings. The molecule has 0 bridgehead atoms. The second kappa shape index (κ2) is 8.03. The fourth-order valence-electron chi connectivity index (χ4n) is 3.50. The minimum absolute atomic E-state index is 0.00875. The maximum atomic E-state index is 13.1. The van der Waals surface area contributed by atoms with Gasteiger partial charge in [0, 0.05) is 25.6 Å². The van der Waals surface area contributed by atoms with Crippen molar-refractivity contribution in [2.75, 3.05) is 13.1 Å². The summed E-state index contributed by atoms with van der Waals surface area (Å²) in [5, 5.41) is 0. The molecule has 0 radical (unpaired) electrons. The van der Waals surface area contributed by atoms with Gasteiger partial charge in [-0.05, 0) is 30.5 Å². The molecule has 140 valence electrons. The van der Waals surface area contributed by atoms with Gasteiger partial charge in [0.15, 0.2) is 0 Å². The van der Waals surface area contributed by atoms with E-state index in [9.17, 15) is 14.4 Å². The smallest absolute Gasteiger partial charge is 0.269 e. The van der Waals surface area contributed by atoms with Crippen LogP contribution in [0.2, 0.25) is 0 Å². The molecule has 1 aliphatic rings. The summed E-state index contributed by atoms with van der Waals surface area (Å²) in [6.07, 6.45) is 1.01. The van der Waals surface area contributed by atoms with Crippen LogP contribution in [-0.2, 0) is 15.0 Å².